The van der Waals surface area contributed by atoms with E-state index in [0.29, 0.717) is 26.2 Å². The van der Waals surface area contributed by atoms with Crippen molar-refractivity contribution in [3.63, 3.8) is 0 Å². The van der Waals surface area contributed by atoms with Crippen LogP contribution in [0.1, 0.15) is 64.8 Å². The maximum Gasteiger partial charge on any atom is 0.435 e. The molecule has 0 atom stereocenters. The van der Waals surface area contributed by atoms with E-state index in [-0.39, 0.29) is 57.4 Å². The summed E-state index contributed by atoms with van der Waals surface area (Å²) < 4.78 is 43.8. The van der Waals surface area contributed by atoms with Crippen LogP contribution >= 0.6 is 11.6 Å². The van der Waals surface area contributed by atoms with Gasteiger partial charge >= 0.3 is 12.2 Å². The van der Waals surface area contributed by atoms with Crippen LogP contribution in [0.15, 0.2) is 30.6 Å². The van der Waals surface area contributed by atoms with Crippen LogP contribution < -0.4 is 10.6 Å². The number of anilines is 1. The number of imidazole rings is 1. The maximum absolute atomic E-state index is 13.7. The number of halogens is 4. The Morgan fingerprint density at radius 1 is 1.02 bits per heavy atom. The van der Waals surface area contributed by atoms with Crippen LogP contribution in [0.5, 0.6) is 0 Å². The molecule has 1 aromatic carbocycles. The molecule has 0 radical (unpaired) electrons. The van der Waals surface area contributed by atoms with Crippen LogP contribution in [-0.4, -0.2) is 79.2 Å². The normalized spacial score (nSPS) is 17.5. The molecule has 4 amide bonds. The molecule has 3 aromatic rings. The molecule has 15 heteroatoms. The van der Waals surface area contributed by atoms with E-state index in [1.807, 2.05) is 0 Å². The van der Waals surface area contributed by atoms with Gasteiger partial charge in [0.1, 0.15) is 0 Å². The molecular formula is C28H30ClF3N8O3. The minimum Gasteiger partial charge on any atom is -0.335 e. The summed E-state index contributed by atoms with van der Waals surface area (Å²) in [7, 11) is 1.46. The standard InChI is InChI=1S/C28H30ClF3N8O3/c1-37-22(20-15-40(18-6-7-18)36-23(20)28(30,31)32)14-33-24(37)25(41)34-17-5-8-19(21(29)13-17)26(42)38-9-11-39(12-10-38)27(43)35-16-3-2-4-16/h5,8,13-16,18H,2-4,6-7,9-12H2,1H3,(H,34,41)(H,35,43). The van der Waals surface area contributed by atoms with Crippen LogP contribution in [0.25, 0.3) is 11.3 Å². The smallest absolute Gasteiger partial charge is 0.335 e. The van der Waals surface area contributed by atoms with Gasteiger partial charge in [-0.1, -0.05) is 11.6 Å². The first-order valence-electron chi connectivity index (χ1n) is 14.1. The lowest BCUT2D eigenvalue weighted by atomic mass is 9.93. The molecule has 2 aromatic heterocycles. The predicted octanol–water partition coefficient (Wildman–Crippen LogP) is 4.56. The van der Waals surface area contributed by atoms with Crippen molar-refractivity contribution in [2.24, 2.45) is 7.05 Å². The van der Waals surface area contributed by atoms with Gasteiger partial charge in [-0.25, -0.2) is 9.78 Å². The molecule has 2 saturated carbocycles. The highest BCUT2D eigenvalue weighted by atomic mass is 35.5. The summed E-state index contributed by atoms with van der Waals surface area (Å²) in [5.74, 6) is -1.07. The van der Waals surface area contributed by atoms with Crippen LogP contribution in [0.2, 0.25) is 5.02 Å². The number of piperazine rings is 1. The molecule has 3 fully saturated rings. The molecule has 11 nitrogen and oxygen atoms in total. The van der Waals surface area contributed by atoms with Crippen molar-refractivity contribution in [1.82, 2.24) is 34.4 Å². The summed E-state index contributed by atoms with van der Waals surface area (Å²) in [5, 5.41) is 9.53. The van der Waals surface area contributed by atoms with Crippen molar-refractivity contribution >= 4 is 35.1 Å². The number of carbonyl (C=O) groups excluding carboxylic acids is 3. The van der Waals surface area contributed by atoms with Gasteiger partial charge in [-0.15, -0.1) is 0 Å². The highest BCUT2D eigenvalue weighted by Gasteiger charge is 2.40. The lowest BCUT2D eigenvalue weighted by molar-refractivity contribution is -0.141. The topological polar surface area (TPSA) is 117 Å². The molecule has 0 bridgehead atoms. The Hall–Kier alpha value is -4.07. The fourth-order valence-electron chi connectivity index (χ4n) is 5.24. The lowest BCUT2D eigenvalue weighted by Crippen LogP contribution is -2.55. The number of hydrogen-bond donors (Lipinski definition) is 2. The number of nitrogens with one attached hydrogen (secondary N) is 2. The van der Waals surface area contributed by atoms with Gasteiger partial charge in [-0.2, -0.15) is 18.3 Å². The number of alkyl halides is 3. The molecule has 228 valence electrons. The van der Waals surface area contributed by atoms with Crippen LogP contribution in [-0.2, 0) is 13.2 Å². The van der Waals surface area contributed by atoms with Crippen molar-refractivity contribution < 1.29 is 27.6 Å². The van der Waals surface area contributed by atoms with Crippen molar-refractivity contribution in [2.75, 3.05) is 31.5 Å². The quantitative estimate of drug-likeness (QED) is 0.420. The Morgan fingerprint density at radius 2 is 1.72 bits per heavy atom. The zero-order valence-corrected chi connectivity index (χ0v) is 24.1. The monoisotopic (exact) mass is 618 g/mol. The third-order valence-corrected chi connectivity index (χ3v) is 8.45. The van der Waals surface area contributed by atoms with Crippen LogP contribution in [0.3, 0.4) is 0 Å². The summed E-state index contributed by atoms with van der Waals surface area (Å²) in [5.41, 5.74) is -0.548. The molecule has 2 N–H and O–H groups in total. The Labute approximate surface area is 250 Å². The molecular weight excluding hydrogens is 589 g/mol. The minimum atomic E-state index is -4.67. The summed E-state index contributed by atoms with van der Waals surface area (Å²) in [6.45, 7) is 1.55. The summed E-state index contributed by atoms with van der Waals surface area (Å²) in [6.07, 6.45) is 2.54. The molecule has 3 aliphatic rings. The molecule has 0 unspecified atom stereocenters. The van der Waals surface area contributed by atoms with Gasteiger partial charge in [0.05, 0.1) is 34.1 Å². The van der Waals surface area contributed by atoms with E-state index in [1.54, 1.807) is 9.80 Å². The fraction of sp³-hybridized carbons (Fsp3) is 0.464. The van der Waals surface area contributed by atoms with Gasteiger partial charge in [0.25, 0.3) is 11.8 Å². The van der Waals surface area contributed by atoms with Crippen molar-refractivity contribution in [2.45, 2.75) is 50.4 Å². The number of aromatic nitrogens is 4. The first-order valence-corrected chi connectivity index (χ1v) is 14.5. The van der Waals surface area contributed by atoms with Gasteiger partial charge in [0, 0.05) is 51.2 Å². The van der Waals surface area contributed by atoms with E-state index in [9.17, 15) is 27.6 Å². The van der Waals surface area contributed by atoms with Gasteiger partial charge in [0.15, 0.2) is 11.5 Å². The van der Waals surface area contributed by atoms with Gasteiger partial charge in [0.2, 0.25) is 0 Å². The first-order chi connectivity index (χ1) is 20.5. The maximum atomic E-state index is 13.7. The number of hydrogen-bond acceptors (Lipinski definition) is 5. The van der Waals surface area contributed by atoms with E-state index < -0.39 is 17.8 Å². The van der Waals surface area contributed by atoms with Crippen LogP contribution in [0.4, 0.5) is 23.7 Å². The summed E-state index contributed by atoms with van der Waals surface area (Å²) >= 11 is 6.43. The fourth-order valence-corrected chi connectivity index (χ4v) is 5.50. The van der Waals surface area contributed by atoms with E-state index in [1.165, 1.54) is 46.9 Å². The van der Waals surface area contributed by atoms with E-state index in [0.717, 1.165) is 32.1 Å². The van der Waals surface area contributed by atoms with Crippen molar-refractivity contribution in [3.05, 3.63) is 52.7 Å². The Morgan fingerprint density at radius 3 is 2.33 bits per heavy atom. The summed E-state index contributed by atoms with van der Waals surface area (Å²) in [6, 6.07) is 4.53. The zero-order valence-electron chi connectivity index (χ0n) is 23.3. The molecule has 43 heavy (non-hydrogen) atoms. The van der Waals surface area contributed by atoms with Crippen LogP contribution in [0, 0.1) is 0 Å². The van der Waals surface area contributed by atoms with E-state index >= 15 is 0 Å². The zero-order chi connectivity index (χ0) is 30.5. The second kappa shape index (κ2) is 11.2. The largest absolute Gasteiger partial charge is 0.435 e. The lowest BCUT2D eigenvalue weighted by Gasteiger charge is -2.36. The summed E-state index contributed by atoms with van der Waals surface area (Å²) in [4.78, 5) is 46.0. The predicted molar refractivity (Wildman–Crippen MR) is 151 cm³/mol. The molecule has 1 aliphatic heterocycles. The Kier molecular flexibility index (Phi) is 7.57. The van der Waals surface area contributed by atoms with Gasteiger partial charge in [-0.05, 0) is 50.3 Å². The third-order valence-electron chi connectivity index (χ3n) is 8.13. The van der Waals surface area contributed by atoms with Crippen molar-refractivity contribution in [3.8, 4) is 11.3 Å². The van der Waals surface area contributed by atoms with Gasteiger partial charge < -0.3 is 25.0 Å². The highest BCUT2D eigenvalue weighted by Crippen LogP contribution is 2.41. The van der Waals surface area contributed by atoms with E-state index in [4.69, 9.17) is 11.6 Å². The average molecular weight is 619 g/mol. The SMILES string of the molecule is Cn1c(-c2cn(C3CC3)nc2C(F)(F)F)cnc1C(=O)Nc1ccc(C(=O)N2CCN(C(=O)NC3CCC3)CC2)c(Cl)c1. The number of benzene rings is 1. The van der Waals surface area contributed by atoms with Crippen molar-refractivity contribution in [1.29, 1.82) is 0 Å². The number of nitrogens with zero attached hydrogens (tertiary/aromatic N) is 6. The number of rotatable bonds is 6. The van der Waals surface area contributed by atoms with E-state index in [2.05, 4.69) is 20.7 Å². The average Bonchev–Trinajstić information content (AvgIpc) is 3.57. The third kappa shape index (κ3) is 5.92. The molecule has 2 aliphatic carbocycles. The molecule has 1 saturated heterocycles. The second-order valence-corrected chi connectivity index (χ2v) is 11.5. The molecule has 6 rings (SSSR count). The highest BCUT2D eigenvalue weighted by molar-refractivity contribution is 6.34. The molecule has 3 heterocycles. The Bertz CT molecular complexity index is 1570. The molecule has 0 spiro atoms. The first kappa shape index (κ1) is 29.0. The number of carbonyl (C=O) groups is 3. The number of amides is 4. The number of urea groups is 1. The minimum absolute atomic E-state index is 0.0573. The van der Waals surface area contributed by atoms with Gasteiger partial charge in [-0.3, -0.25) is 14.3 Å². The second-order valence-electron chi connectivity index (χ2n) is 11.1. The Balaban J connectivity index is 1.10.